The van der Waals surface area contributed by atoms with Gasteiger partial charge < -0.3 is 5.73 Å². The Morgan fingerprint density at radius 1 is 1.20 bits per heavy atom. The SMILES string of the molecule is Nc1ccnn(-c2ccc(Br)cc2)c1=O. The lowest BCUT2D eigenvalue weighted by molar-refractivity contribution is 0.810. The molecule has 0 spiro atoms. The number of nitrogens with zero attached hydrogens (tertiary/aromatic N) is 2. The van der Waals surface area contributed by atoms with Crippen molar-refractivity contribution < 1.29 is 0 Å². The van der Waals surface area contributed by atoms with Crippen molar-refractivity contribution in [3.63, 3.8) is 0 Å². The van der Waals surface area contributed by atoms with Gasteiger partial charge in [0.15, 0.2) is 0 Å². The minimum absolute atomic E-state index is 0.188. The third-order valence-electron chi connectivity index (χ3n) is 1.95. The lowest BCUT2D eigenvalue weighted by Crippen LogP contribution is -2.23. The Morgan fingerprint density at radius 2 is 1.87 bits per heavy atom. The summed E-state index contributed by atoms with van der Waals surface area (Å²) in [6.45, 7) is 0. The number of benzene rings is 1. The van der Waals surface area contributed by atoms with Crippen LogP contribution in [-0.2, 0) is 0 Å². The first-order valence-corrected chi connectivity index (χ1v) is 5.07. The van der Waals surface area contributed by atoms with Gasteiger partial charge in [-0.2, -0.15) is 9.78 Å². The average molecular weight is 266 g/mol. The molecular formula is C10H8BrN3O. The van der Waals surface area contributed by atoms with E-state index >= 15 is 0 Å². The lowest BCUT2D eigenvalue weighted by Gasteiger charge is -2.04. The zero-order chi connectivity index (χ0) is 10.8. The molecule has 0 saturated heterocycles. The second kappa shape index (κ2) is 3.86. The molecule has 15 heavy (non-hydrogen) atoms. The number of aromatic nitrogens is 2. The summed E-state index contributed by atoms with van der Waals surface area (Å²) in [5.74, 6) is 0. The summed E-state index contributed by atoms with van der Waals surface area (Å²) in [4.78, 5) is 11.6. The smallest absolute Gasteiger partial charge is 0.294 e. The largest absolute Gasteiger partial charge is 0.394 e. The average Bonchev–Trinajstić information content (AvgIpc) is 2.24. The normalized spacial score (nSPS) is 10.2. The van der Waals surface area contributed by atoms with E-state index in [0.717, 1.165) is 4.47 Å². The fourth-order valence-corrected chi connectivity index (χ4v) is 1.46. The minimum atomic E-state index is -0.306. The van der Waals surface area contributed by atoms with Crippen molar-refractivity contribution in [3.8, 4) is 5.69 Å². The van der Waals surface area contributed by atoms with E-state index in [-0.39, 0.29) is 11.2 Å². The molecule has 0 aliphatic carbocycles. The van der Waals surface area contributed by atoms with Crippen molar-refractivity contribution >= 4 is 21.6 Å². The number of rotatable bonds is 1. The zero-order valence-corrected chi connectivity index (χ0v) is 9.31. The van der Waals surface area contributed by atoms with E-state index in [9.17, 15) is 4.79 Å². The quantitative estimate of drug-likeness (QED) is 0.852. The molecular weight excluding hydrogens is 258 g/mol. The van der Waals surface area contributed by atoms with Crippen molar-refractivity contribution in [3.05, 3.63) is 51.4 Å². The lowest BCUT2D eigenvalue weighted by atomic mass is 10.3. The Morgan fingerprint density at radius 3 is 2.53 bits per heavy atom. The van der Waals surface area contributed by atoms with Crippen LogP contribution in [0.4, 0.5) is 5.69 Å². The molecule has 4 nitrogen and oxygen atoms in total. The monoisotopic (exact) mass is 265 g/mol. The van der Waals surface area contributed by atoms with Crippen LogP contribution in [0.2, 0.25) is 0 Å². The summed E-state index contributed by atoms with van der Waals surface area (Å²) < 4.78 is 2.21. The number of hydrogen-bond donors (Lipinski definition) is 1. The van der Waals surface area contributed by atoms with Crippen LogP contribution in [0.1, 0.15) is 0 Å². The van der Waals surface area contributed by atoms with Gasteiger partial charge in [0.1, 0.15) is 5.69 Å². The van der Waals surface area contributed by atoms with Crippen LogP contribution < -0.4 is 11.3 Å². The van der Waals surface area contributed by atoms with Crippen molar-refractivity contribution in [2.45, 2.75) is 0 Å². The van der Waals surface area contributed by atoms with Gasteiger partial charge in [-0.25, -0.2) is 0 Å². The molecule has 0 unspecified atom stereocenters. The van der Waals surface area contributed by atoms with E-state index in [2.05, 4.69) is 21.0 Å². The van der Waals surface area contributed by atoms with Crippen LogP contribution in [0.3, 0.4) is 0 Å². The Kier molecular flexibility index (Phi) is 2.55. The summed E-state index contributed by atoms with van der Waals surface area (Å²) in [5.41, 5.74) is 6.08. The van der Waals surface area contributed by atoms with E-state index in [1.54, 1.807) is 12.1 Å². The fraction of sp³-hybridized carbons (Fsp3) is 0. The molecule has 1 heterocycles. The first kappa shape index (κ1) is 9.92. The third-order valence-corrected chi connectivity index (χ3v) is 2.48. The first-order chi connectivity index (χ1) is 7.18. The molecule has 0 saturated carbocycles. The fourth-order valence-electron chi connectivity index (χ4n) is 1.19. The third kappa shape index (κ3) is 1.92. The molecule has 0 fully saturated rings. The van der Waals surface area contributed by atoms with Gasteiger partial charge in [-0.15, -0.1) is 0 Å². The van der Waals surface area contributed by atoms with Crippen LogP contribution >= 0.6 is 15.9 Å². The highest BCUT2D eigenvalue weighted by Crippen LogP contribution is 2.12. The van der Waals surface area contributed by atoms with Crippen LogP contribution in [0.15, 0.2) is 45.8 Å². The Labute approximate surface area is 94.5 Å². The molecule has 0 aliphatic heterocycles. The second-order valence-corrected chi connectivity index (χ2v) is 3.90. The second-order valence-electron chi connectivity index (χ2n) is 2.98. The van der Waals surface area contributed by atoms with E-state index in [4.69, 9.17) is 5.73 Å². The van der Waals surface area contributed by atoms with Gasteiger partial charge in [0.2, 0.25) is 0 Å². The van der Waals surface area contributed by atoms with Crippen LogP contribution in [0.25, 0.3) is 5.69 Å². The summed E-state index contributed by atoms with van der Waals surface area (Å²) in [5, 5.41) is 3.95. The Bertz CT molecular complexity index is 533. The number of halogens is 1. The van der Waals surface area contributed by atoms with Gasteiger partial charge in [-0.1, -0.05) is 15.9 Å². The molecule has 1 aromatic carbocycles. The van der Waals surface area contributed by atoms with Crippen LogP contribution in [0, 0.1) is 0 Å². The molecule has 2 rings (SSSR count). The zero-order valence-electron chi connectivity index (χ0n) is 7.72. The maximum absolute atomic E-state index is 11.6. The first-order valence-electron chi connectivity index (χ1n) is 4.28. The molecule has 0 bridgehead atoms. The highest BCUT2D eigenvalue weighted by Gasteiger charge is 2.02. The molecule has 0 aliphatic rings. The predicted octanol–water partition coefficient (Wildman–Crippen LogP) is 1.58. The van der Waals surface area contributed by atoms with Crippen molar-refractivity contribution in [2.75, 3.05) is 5.73 Å². The van der Waals surface area contributed by atoms with E-state index < -0.39 is 0 Å². The molecule has 0 radical (unpaired) electrons. The van der Waals surface area contributed by atoms with Gasteiger partial charge in [0.25, 0.3) is 5.56 Å². The van der Waals surface area contributed by atoms with E-state index in [1.165, 1.54) is 16.9 Å². The van der Waals surface area contributed by atoms with Gasteiger partial charge in [0, 0.05) is 4.47 Å². The van der Waals surface area contributed by atoms with Crippen molar-refractivity contribution in [1.82, 2.24) is 9.78 Å². The van der Waals surface area contributed by atoms with Gasteiger partial charge in [-0.3, -0.25) is 4.79 Å². The Balaban J connectivity index is 2.59. The summed E-state index contributed by atoms with van der Waals surface area (Å²) >= 11 is 3.32. The number of nitrogens with two attached hydrogens (primary N) is 1. The highest BCUT2D eigenvalue weighted by molar-refractivity contribution is 9.10. The molecule has 76 valence electrons. The molecule has 0 atom stereocenters. The van der Waals surface area contributed by atoms with Gasteiger partial charge in [-0.05, 0) is 30.3 Å². The molecule has 2 aromatic rings. The van der Waals surface area contributed by atoms with Gasteiger partial charge >= 0.3 is 0 Å². The Hall–Kier alpha value is -1.62. The van der Waals surface area contributed by atoms with Crippen LogP contribution in [0.5, 0.6) is 0 Å². The minimum Gasteiger partial charge on any atom is -0.394 e. The van der Waals surface area contributed by atoms with Crippen molar-refractivity contribution in [2.24, 2.45) is 0 Å². The summed E-state index contributed by atoms with van der Waals surface area (Å²) in [6, 6.07) is 8.74. The van der Waals surface area contributed by atoms with Gasteiger partial charge in [0.05, 0.1) is 11.9 Å². The maximum atomic E-state index is 11.6. The maximum Gasteiger partial charge on any atom is 0.294 e. The molecule has 1 aromatic heterocycles. The van der Waals surface area contributed by atoms with E-state index in [0.29, 0.717) is 5.69 Å². The van der Waals surface area contributed by atoms with Crippen molar-refractivity contribution in [1.29, 1.82) is 0 Å². The standard InChI is InChI=1S/C10H8BrN3O/c11-7-1-3-8(4-2-7)14-10(15)9(12)5-6-13-14/h1-6H,12H2. The highest BCUT2D eigenvalue weighted by atomic mass is 79.9. The summed E-state index contributed by atoms with van der Waals surface area (Å²) in [6.07, 6.45) is 1.50. The molecule has 5 heteroatoms. The molecule has 2 N–H and O–H groups in total. The predicted molar refractivity (Wildman–Crippen MR) is 61.9 cm³/mol. The number of hydrogen-bond acceptors (Lipinski definition) is 3. The number of anilines is 1. The van der Waals surface area contributed by atoms with Crippen LogP contribution in [-0.4, -0.2) is 9.78 Å². The summed E-state index contributed by atoms with van der Waals surface area (Å²) in [7, 11) is 0. The number of nitrogen functional groups attached to an aromatic ring is 1. The topological polar surface area (TPSA) is 60.9 Å². The molecule has 0 amide bonds. The van der Waals surface area contributed by atoms with E-state index in [1.807, 2.05) is 12.1 Å².